The fourth-order valence-electron chi connectivity index (χ4n) is 1.08. The summed E-state index contributed by atoms with van der Waals surface area (Å²) in [6.07, 6.45) is 0.314. The first-order valence-corrected chi connectivity index (χ1v) is 4.33. The van der Waals surface area contributed by atoms with Gasteiger partial charge in [0, 0.05) is 6.42 Å². The van der Waals surface area contributed by atoms with Crippen molar-refractivity contribution in [3.8, 4) is 0 Å². The standard InChI is InChI=1S/C9H9N3O2/c1-2-9(13)14-12-8-6-4-3-5-7(8)10-11-12/h3-6H,2H2,1H3. The first kappa shape index (κ1) is 8.68. The Bertz CT molecular complexity index is 464. The summed E-state index contributed by atoms with van der Waals surface area (Å²) < 4.78 is 0. The Labute approximate surface area is 80.2 Å². The molecule has 72 valence electrons. The van der Waals surface area contributed by atoms with E-state index in [2.05, 4.69) is 10.3 Å². The second-order valence-electron chi connectivity index (χ2n) is 2.77. The van der Waals surface area contributed by atoms with E-state index in [1.54, 1.807) is 19.1 Å². The predicted octanol–water partition coefficient (Wildman–Crippen LogP) is 0.796. The summed E-state index contributed by atoms with van der Waals surface area (Å²) in [5.41, 5.74) is 1.39. The van der Waals surface area contributed by atoms with E-state index < -0.39 is 0 Å². The summed E-state index contributed by atoms with van der Waals surface area (Å²) in [4.78, 5) is 17.1. The van der Waals surface area contributed by atoms with Crippen LogP contribution in [0.1, 0.15) is 13.3 Å². The van der Waals surface area contributed by atoms with Crippen LogP contribution in [0.3, 0.4) is 0 Å². The number of para-hydroxylation sites is 1. The lowest BCUT2D eigenvalue weighted by Crippen LogP contribution is -2.19. The molecule has 1 aromatic carbocycles. The highest BCUT2D eigenvalue weighted by Crippen LogP contribution is 2.07. The molecule has 0 spiro atoms. The molecule has 0 N–H and O–H groups in total. The van der Waals surface area contributed by atoms with Crippen molar-refractivity contribution >= 4 is 17.0 Å². The Morgan fingerprint density at radius 1 is 1.50 bits per heavy atom. The van der Waals surface area contributed by atoms with Crippen molar-refractivity contribution in [1.82, 2.24) is 15.2 Å². The summed E-state index contributed by atoms with van der Waals surface area (Å²) in [6.45, 7) is 1.72. The van der Waals surface area contributed by atoms with Crippen LogP contribution in [0.15, 0.2) is 24.3 Å². The molecule has 0 aliphatic carbocycles. The second-order valence-corrected chi connectivity index (χ2v) is 2.77. The first-order chi connectivity index (χ1) is 6.81. The van der Waals surface area contributed by atoms with E-state index in [0.717, 1.165) is 4.85 Å². The maximum absolute atomic E-state index is 11.0. The number of carbonyl (C=O) groups is 1. The number of benzene rings is 1. The Kier molecular flexibility index (Phi) is 2.14. The van der Waals surface area contributed by atoms with Crippen LogP contribution in [0.5, 0.6) is 0 Å². The van der Waals surface area contributed by atoms with E-state index in [0.29, 0.717) is 17.5 Å². The zero-order chi connectivity index (χ0) is 9.97. The first-order valence-electron chi connectivity index (χ1n) is 4.33. The van der Waals surface area contributed by atoms with Crippen molar-refractivity contribution in [1.29, 1.82) is 0 Å². The summed E-state index contributed by atoms with van der Waals surface area (Å²) in [5, 5.41) is 7.55. The number of fused-ring (bicyclic) bond motifs is 1. The van der Waals surface area contributed by atoms with E-state index in [1.165, 1.54) is 0 Å². The number of nitrogens with zero attached hydrogens (tertiary/aromatic N) is 3. The third kappa shape index (κ3) is 1.44. The van der Waals surface area contributed by atoms with E-state index in [9.17, 15) is 4.79 Å². The molecule has 0 bridgehead atoms. The minimum atomic E-state index is -0.333. The average Bonchev–Trinajstić information content (AvgIpc) is 2.62. The van der Waals surface area contributed by atoms with Crippen molar-refractivity contribution in [2.24, 2.45) is 0 Å². The van der Waals surface area contributed by atoms with Crippen LogP contribution in [-0.2, 0) is 4.79 Å². The highest BCUT2D eigenvalue weighted by Gasteiger charge is 2.06. The predicted molar refractivity (Wildman–Crippen MR) is 49.4 cm³/mol. The average molecular weight is 191 g/mol. The summed E-state index contributed by atoms with van der Waals surface area (Å²) >= 11 is 0. The zero-order valence-corrected chi connectivity index (χ0v) is 7.67. The van der Waals surface area contributed by atoms with Gasteiger partial charge in [0.2, 0.25) is 0 Å². The van der Waals surface area contributed by atoms with Gasteiger partial charge in [-0.15, -0.1) is 5.10 Å². The minimum absolute atomic E-state index is 0.314. The van der Waals surface area contributed by atoms with Crippen LogP contribution in [0.25, 0.3) is 11.0 Å². The molecule has 2 aromatic rings. The van der Waals surface area contributed by atoms with Gasteiger partial charge in [0.05, 0.1) is 0 Å². The van der Waals surface area contributed by atoms with Gasteiger partial charge in [-0.3, -0.25) is 0 Å². The smallest absolute Gasteiger partial charge is 0.317 e. The molecular formula is C9H9N3O2. The molecule has 0 unspecified atom stereocenters. The summed E-state index contributed by atoms with van der Waals surface area (Å²) in [7, 11) is 0. The lowest BCUT2D eigenvalue weighted by atomic mass is 10.3. The van der Waals surface area contributed by atoms with Crippen molar-refractivity contribution in [2.75, 3.05) is 0 Å². The number of hydrogen-bond donors (Lipinski definition) is 0. The van der Waals surface area contributed by atoms with Crippen molar-refractivity contribution in [3.05, 3.63) is 24.3 Å². The normalized spacial score (nSPS) is 10.4. The zero-order valence-electron chi connectivity index (χ0n) is 7.67. The van der Waals surface area contributed by atoms with E-state index in [1.807, 2.05) is 12.1 Å². The largest absolute Gasteiger partial charge is 0.334 e. The molecule has 0 saturated carbocycles. The van der Waals surface area contributed by atoms with Crippen molar-refractivity contribution in [3.63, 3.8) is 0 Å². The molecule has 2 rings (SSSR count). The lowest BCUT2D eigenvalue weighted by molar-refractivity contribution is -0.145. The Hall–Kier alpha value is -1.91. The Morgan fingerprint density at radius 3 is 3.07 bits per heavy atom. The van der Waals surface area contributed by atoms with E-state index in [-0.39, 0.29) is 5.97 Å². The highest BCUT2D eigenvalue weighted by atomic mass is 16.7. The number of carbonyl (C=O) groups excluding carboxylic acids is 1. The maximum Gasteiger partial charge on any atom is 0.334 e. The third-order valence-corrected chi connectivity index (χ3v) is 1.80. The molecule has 1 heterocycles. The van der Waals surface area contributed by atoms with Gasteiger partial charge in [0.1, 0.15) is 11.0 Å². The van der Waals surface area contributed by atoms with E-state index >= 15 is 0 Å². The van der Waals surface area contributed by atoms with Gasteiger partial charge in [-0.1, -0.05) is 23.9 Å². The molecule has 0 radical (unpaired) electrons. The fraction of sp³-hybridized carbons (Fsp3) is 0.222. The highest BCUT2D eigenvalue weighted by molar-refractivity contribution is 5.75. The van der Waals surface area contributed by atoms with Gasteiger partial charge in [0.25, 0.3) is 0 Å². The van der Waals surface area contributed by atoms with Crippen LogP contribution in [0, 0.1) is 0 Å². The van der Waals surface area contributed by atoms with Crippen LogP contribution < -0.4 is 4.84 Å². The topological polar surface area (TPSA) is 57.0 Å². The molecule has 0 amide bonds. The molecule has 1 aromatic heterocycles. The molecule has 0 saturated heterocycles. The second kappa shape index (κ2) is 3.45. The van der Waals surface area contributed by atoms with Crippen LogP contribution in [0.4, 0.5) is 0 Å². The Morgan fingerprint density at radius 2 is 2.29 bits per heavy atom. The quantitative estimate of drug-likeness (QED) is 0.659. The molecule has 14 heavy (non-hydrogen) atoms. The molecule has 0 atom stereocenters. The van der Waals surface area contributed by atoms with Gasteiger partial charge in [-0.2, -0.15) is 0 Å². The van der Waals surface area contributed by atoms with Crippen molar-refractivity contribution in [2.45, 2.75) is 13.3 Å². The molecule has 5 nitrogen and oxygen atoms in total. The SMILES string of the molecule is CCC(=O)On1nnc2ccccc21. The van der Waals surface area contributed by atoms with Crippen LogP contribution >= 0.6 is 0 Å². The van der Waals surface area contributed by atoms with Gasteiger partial charge >= 0.3 is 5.97 Å². The summed E-state index contributed by atoms with van der Waals surface area (Å²) in [6, 6.07) is 7.28. The fourth-order valence-corrected chi connectivity index (χ4v) is 1.08. The van der Waals surface area contributed by atoms with Crippen LogP contribution in [0.2, 0.25) is 0 Å². The molecule has 5 heteroatoms. The monoisotopic (exact) mass is 191 g/mol. The lowest BCUT2D eigenvalue weighted by Gasteiger charge is -1.99. The number of rotatable bonds is 2. The van der Waals surface area contributed by atoms with Gasteiger partial charge in [0.15, 0.2) is 0 Å². The third-order valence-electron chi connectivity index (χ3n) is 1.80. The number of aromatic nitrogens is 3. The van der Waals surface area contributed by atoms with Crippen molar-refractivity contribution < 1.29 is 9.63 Å². The minimum Gasteiger partial charge on any atom is -0.317 e. The number of hydrogen-bond acceptors (Lipinski definition) is 4. The van der Waals surface area contributed by atoms with E-state index in [4.69, 9.17) is 4.84 Å². The van der Waals surface area contributed by atoms with Gasteiger partial charge < -0.3 is 4.84 Å². The molecule has 0 aliphatic heterocycles. The molecule has 0 fully saturated rings. The summed E-state index contributed by atoms with van der Waals surface area (Å²) in [5.74, 6) is -0.333. The van der Waals surface area contributed by atoms with Crippen LogP contribution in [-0.4, -0.2) is 21.1 Å². The maximum atomic E-state index is 11.0. The van der Waals surface area contributed by atoms with Gasteiger partial charge in [-0.05, 0) is 17.3 Å². The molecular weight excluding hydrogens is 182 g/mol. The van der Waals surface area contributed by atoms with Gasteiger partial charge in [-0.25, -0.2) is 4.79 Å². The Balaban J connectivity index is 2.38. The molecule has 0 aliphatic rings.